The molecule has 0 saturated heterocycles. The van der Waals surface area contributed by atoms with Gasteiger partial charge < -0.3 is 5.73 Å². The Hall–Kier alpha value is -1.62. The summed E-state index contributed by atoms with van der Waals surface area (Å²) in [4.78, 5) is 0. The zero-order valence-corrected chi connectivity index (χ0v) is 9.88. The Labute approximate surface area is 94.9 Å². The van der Waals surface area contributed by atoms with Gasteiger partial charge in [-0.2, -0.15) is 10.2 Å². The molecular formula is C11H17N5. The molecule has 1 atom stereocenters. The van der Waals surface area contributed by atoms with Crippen LogP contribution in [0.25, 0.3) is 0 Å². The Kier molecular flexibility index (Phi) is 2.78. The molecule has 2 aromatic heterocycles. The molecule has 0 amide bonds. The Morgan fingerprint density at radius 1 is 1.50 bits per heavy atom. The number of nitrogens with zero attached hydrogens (tertiary/aromatic N) is 4. The highest BCUT2D eigenvalue weighted by Crippen LogP contribution is 2.21. The second-order valence-electron chi connectivity index (χ2n) is 3.89. The van der Waals surface area contributed by atoms with E-state index in [1.807, 2.05) is 30.9 Å². The average molecular weight is 219 g/mol. The van der Waals surface area contributed by atoms with Crippen LogP contribution in [0.5, 0.6) is 0 Å². The predicted molar refractivity (Wildman–Crippen MR) is 61.9 cm³/mol. The fourth-order valence-corrected chi connectivity index (χ4v) is 1.95. The van der Waals surface area contributed by atoms with Crippen molar-refractivity contribution in [3.05, 3.63) is 35.4 Å². The Bertz CT molecular complexity index is 482. The summed E-state index contributed by atoms with van der Waals surface area (Å²) >= 11 is 0. The highest BCUT2D eigenvalue weighted by molar-refractivity contribution is 5.28. The molecule has 0 aliphatic heterocycles. The second kappa shape index (κ2) is 4.09. The molecule has 0 radical (unpaired) electrons. The molecular weight excluding hydrogens is 202 g/mol. The second-order valence-corrected chi connectivity index (χ2v) is 3.89. The number of aryl methyl sites for hydroxylation is 3. The molecule has 0 aromatic carbocycles. The summed E-state index contributed by atoms with van der Waals surface area (Å²) < 4.78 is 3.70. The minimum absolute atomic E-state index is 0.156. The van der Waals surface area contributed by atoms with Gasteiger partial charge in [0, 0.05) is 31.5 Å². The lowest BCUT2D eigenvalue weighted by Crippen LogP contribution is -2.17. The quantitative estimate of drug-likeness (QED) is 0.837. The molecule has 2 rings (SSSR count). The number of hydrogen-bond donors (Lipinski definition) is 1. The van der Waals surface area contributed by atoms with E-state index in [0.717, 1.165) is 23.5 Å². The van der Waals surface area contributed by atoms with Gasteiger partial charge in [-0.1, -0.05) is 0 Å². The first-order valence-electron chi connectivity index (χ1n) is 5.41. The molecule has 2 aromatic rings. The van der Waals surface area contributed by atoms with E-state index < -0.39 is 0 Å². The van der Waals surface area contributed by atoms with E-state index in [1.54, 1.807) is 10.9 Å². The molecule has 0 fully saturated rings. The maximum atomic E-state index is 6.24. The Morgan fingerprint density at radius 3 is 2.81 bits per heavy atom. The standard InChI is InChI=1S/C11H17N5/c1-4-16-10(5-6-13-16)11(12)9-7-15(3)14-8(9)2/h5-7,11H,4,12H2,1-3H3. The van der Waals surface area contributed by atoms with Crippen LogP contribution in [0.15, 0.2) is 18.5 Å². The lowest BCUT2D eigenvalue weighted by molar-refractivity contribution is 0.600. The maximum Gasteiger partial charge on any atom is 0.0756 e. The van der Waals surface area contributed by atoms with Crippen LogP contribution in [0.2, 0.25) is 0 Å². The topological polar surface area (TPSA) is 61.7 Å². The average Bonchev–Trinajstić information content (AvgIpc) is 2.83. The fourth-order valence-electron chi connectivity index (χ4n) is 1.95. The highest BCUT2D eigenvalue weighted by Gasteiger charge is 2.17. The molecule has 2 N–H and O–H groups in total. The van der Waals surface area contributed by atoms with E-state index >= 15 is 0 Å². The number of rotatable bonds is 3. The summed E-state index contributed by atoms with van der Waals surface area (Å²) in [5.74, 6) is 0. The van der Waals surface area contributed by atoms with Gasteiger partial charge in [0.05, 0.1) is 17.4 Å². The van der Waals surface area contributed by atoms with Crippen molar-refractivity contribution < 1.29 is 0 Å². The lowest BCUT2D eigenvalue weighted by atomic mass is 10.1. The molecule has 86 valence electrons. The van der Waals surface area contributed by atoms with Crippen LogP contribution in [-0.2, 0) is 13.6 Å². The van der Waals surface area contributed by atoms with Crippen molar-refractivity contribution in [1.82, 2.24) is 19.6 Å². The van der Waals surface area contributed by atoms with E-state index in [0.29, 0.717) is 0 Å². The number of hydrogen-bond acceptors (Lipinski definition) is 3. The van der Waals surface area contributed by atoms with Crippen LogP contribution >= 0.6 is 0 Å². The summed E-state index contributed by atoms with van der Waals surface area (Å²) in [7, 11) is 1.90. The third kappa shape index (κ3) is 1.74. The third-order valence-electron chi connectivity index (χ3n) is 2.75. The van der Waals surface area contributed by atoms with Gasteiger partial charge in [-0.15, -0.1) is 0 Å². The smallest absolute Gasteiger partial charge is 0.0756 e. The molecule has 5 nitrogen and oxygen atoms in total. The van der Waals surface area contributed by atoms with Crippen molar-refractivity contribution in [3.8, 4) is 0 Å². The molecule has 0 saturated carbocycles. The van der Waals surface area contributed by atoms with Crippen molar-refractivity contribution in [2.24, 2.45) is 12.8 Å². The minimum Gasteiger partial charge on any atom is -0.319 e. The highest BCUT2D eigenvalue weighted by atomic mass is 15.3. The van der Waals surface area contributed by atoms with Crippen LogP contribution in [0, 0.1) is 6.92 Å². The predicted octanol–water partition coefficient (Wildman–Crippen LogP) is 0.993. The monoisotopic (exact) mass is 219 g/mol. The molecule has 0 aliphatic carbocycles. The first-order chi connectivity index (χ1) is 7.63. The van der Waals surface area contributed by atoms with E-state index in [1.165, 1.54) is 0 Å². The Morgan fingerprint density at radius 2 is 2.25 bits per heavy atom. The van der Waals surface area contributed by atoms with Crippen LogP contribution in [-0.4, -0.2) is 19.6 Å². The van der Waals surface area contributed by atoms with Crippen molar-refractivity contribution in [1.29, 1.82) is 0 Å². The summed E-state index contributed by atoms with van der Waals surface area (Å²) in [5.41, 5.74) is 9.29. The van der Waals surface area contributed by atoms with Gasteiger partial charge in [-0.25, -0.2) is 0 Å². The van der Waals surface area contributed by atoms with Gasteiger partial charge in [0.25, 0.3) is 0 Å². The Balaban J connectivity index is 2.38. The fraction of sp³-hybridized carbons (Fsp3) is 0.455. The lowest BCUT2D eigenvalue weighted by Gasteiger charge is -2.12. The van der Waals surface area contributed by atoms with Crippen LogP contribution < -0.4 is 5.73 Å². The normalized spacial score (nSPS) is 13.0. The molecule has 2 heterocycles. The zero-order valence-electron chi connectivity index (χ0n) is 9.88. The SMILES string of the molecule is CCn1nccc1C(N)c1cn(C)nc1C. The van der Waals surface area contributed by atoms with Gasteiger partial charge in [-0.3, -0.25) is 9.36 Å². The van der Waals surface area contributed by atoms with Crippen LogP contribution in [0.3, 0.4) is 0 Å². The molecule has 16 heavy (non-hydrogen) atoms. The van der Waals surface area contributed by atoms with E-state index in [-0.39, 0.29) is 6.04 Å². The van der Waals surface area contributed by atoms with Crippen LogP contribution in [0.4, 0.5) is 0 Å². The summed E-state index contributed by atoms with van der Waals surface area (Å²) in [6.45, 7) is 4.86. The third-order valence-corrected chi connectivity index (χ3v) is 2.75. The van der Waals surface area contributed by atoms with Crippen molar-refractivity contribution in [3.63, 3.8) is 0 Å². The summed E-state index contributed by atoms with van der Waals surface area (Å²) in [5, 5.41) is 8.53. The zero-order chi connectivity index (χ0) is 11.7. The van der Waals surface area contributed by atoms with Gasteiger partial charge >= 0.3 is 0 Å². The molecule has 0 aliphatic rings. The van der Waals surface area contributed by atoms with Crippen molar-refractivity contribution >= 4 is 0 Å². The maximum absolute atomic E-state index is 6.24. The van der Waals surface area contributed by atoms with E-state index in [9.17, 15) is 0 Å². The largest absolute Gasteiger partial charge is 0.319 e. The van der Waals surface area contributed by atoms with Crippen molar-refractivity contribution in [2.75, 3.05) is 0 Å². The molecule has 1 unspecified atom stereocenters. The van der Waals surface area contributed by atoms with E-state index in [2.05, 4.69) is 17.1 Å². The van der Waals surface area contributed by atoms with Gasteiger partial charge in [0.1, 0.15) is 0 Å². The van der Waals surface area contributed by atoms with Gasteiger partial charge in [0.15, 0.2) is 0 Å². The molecule has 0 bridgehead atoms. The summed E-state index contributed by atoms with van der Waals surface area (Å²) in [6.07, 6.45) is 3.75. The van der Waals surface area contributed by atoms with Crippen LogP contribution in [0.1, 0.15) is 29.9 Å². The minimum atomic E-state index is -0.156. The molecule has 0 spiro atoms. The first-order valence-corrected chi connectivity index (χ1v) is 5.41. The summed E-state index contributed by atoms with van der Waals surface area (Å²) in [6, 6.07) is 1.80. The number of aromatic nitrogens is 4. The van der Waals surface area contributed by atoms with E-state index in [4.69, 9.17) is 5.73 Å². The first kappa shape index (κ1) is 10.9. The van der Waals surface area contributed by atoms with Crippen molar-refractivity contribution in [2.45, 2.75) is 26.4 Å². The van der Waals surface area contributed by atoms with Gasteiger partial charge in [-0.05, 0) is 19.9 Å². The molecule has 5 heteroatoms. The number of nitrogens with two attached hydrogens (primary N) is 1. The van der Waals surface area contributed by atoms with Gasteiger partial charge in [0.2, 0.25) is 0 Å².